The van der Waals surface area contributed by atoms with Crippen molar-refractivity contribution in [2.24, 2.45) is 5.10 Å². The van der Waals surface area contributed by atoms with Crippen LogP contribution in [-0.4, -0.2) is 37.2 Å². The summed E-state index contributed by atoms with van der Waals surface area (Å²) >= 11 is 5.85. The van der Waals surface area contributed by atoms with Crippen molar-refractivity contribution < 1.29 is 28.6 Å². The third-order valence-electron chi connectivity index (χ3n) is 4.83. The summed E-state index contributed by atoms with van der Waals surface area (Å²) in [4.78, 5) is 36.9. The van der Waals surface area contributed by atoms with Gasteiger partial charge >= 0.3 is 17.8 Å². The predicted molar refractivity (Wildman–Crippen MR) is 136 cm³/mol. The standard InChI is InChI=1S/C26H24ClN3O6/c1-4-35-21-8-6-5-7-20(21)28-24(31)25(32)30-29-16(2)18-11-14-22(23(15-18)34-3)36-26(33)17-9-12-19(27)13-10-17/h5-15H,4H2,1-3H3,(H,28,31)(H,30,32). The van der Waals surface area contributed by atoms with Gasteiger partial charge in [0.15, 0.2) is 11.5 Å². The lowest BCUT2D eigenvalue weighted by Gasteiger charge is -2.12. The number of esters is 1. The molecule has 0 unspecified atom stereocenters. The lowest BCUT2D eigenvalue weighted by molar-refractivity contribution is -0.136. The number of amides is 2. The highest BCUT2D eigenvalue weighted by Crippen LogP contribution is 2.29. The number of methoxy groups -OCH3 is 1. The zero-order valence-electron chi connectivity index (χ0n) is 19.8. The van der Waals surface area contributed by atoms with Gasteiger partial charge in [0, 0.05) is 10.6 Å². The number of nitrogens with zero attached hydrogens (tertiary/aromatic N) is 1. The summed E-state index contributed by atoms with van der Waals surface area (Å²) in [7, 11) is 1.43. The molecule has 2 N–H and O–H groups in total. The van der Waals surface area contributed by atoms with Crippen LogP contribution in [0.3, 0.4) is 0 Å². The fourth-order valence-corrected chi connectivity index (χ4v) is 3.13. The van der Waals surface area contributed by atoms with Crippen LogP contribution in [0.25, 0.3) is 0 Å². The molecular weight excluding hydrogens is 486 g/mol. The van der Waals surface area contributed by atoms with Crippen LogP contribution in [-0.2, 0) is 9.59 Å². The van der Waals surface area contributed by atoms with Crippen molar-refractivity contribution in [1.29, 1.82) is 0 Å². The number of benzene rings is 3. The van der Waals surface area contributed by atoms with Crippen molar-refractivity contribution in [2.75, 3.05) is 19.0 Å². The number of hydrogen-bond acceptors (Lipinski definition) is 7. The van der Waals surface area contributed by atoms with Gasteiger partial charge in [0.25, 0.3) is 0 Å². The van der Waals surface area contributed by atoms with E-state index < -0.39 is 17.8 Å². The summed E-state index contributed by atoms with van der Waals surface area (Å²) in [5.41, 5.74) is 3.88. The number of carbonyl (C=O) groups excluding carboxylic acids is 3. The van der Waals surface area contributed by atoms with Crippen LogP contribution in [0.1, 0.15) is 29.8 Å². The highest BCUT2D eigenvalue weighted by atomic mass is 35.5. The first kappa shape index (κ1) is 26.2. The molecule has 0 aliphatic heterocycles. The highest BCUT2D eigenvalue weighted by Gasteiger charge is 2.17. The number of hydrogen-bond donors (Lipinski definition) is 2. The van der Waals surface area contributed by atoms with Crippen LogP contribution < -0.4 is 25.0 Å². The maximum atomic E-state index is 12.4. The maximum Gasteiger partial charge on any atom is 0.343 e. The molecule has 36 heavy (non-hydrogen) atoms. The Labute approximate surface area is 213 Å². The zero-order chi connectivity index (χ0) is 26.1. The molecule has 10 heteroatoms. The topological polar surface area (TPSA) is 115 Å². The number of carbonyl (C=O) groups is 3. The van der Waals surface area contributed by atoms with Crippen LogP contribution in [0, 0.1) is 0 Å². The van der Waals surface area contributed by atoms with Crippen LogP contribution in [0.5, 0.6) is 17.2 Å². The van der Waals surface area contributed by atoms with Gasteiger partial charge in [-0.05, 0) is 68.4 Å². The average Bonchev–Trinajstić information content (AvgIpc) is 2.88. The summed E-state index contributed by atoms with van der Waals surface area (Å²) in [5.74, 6) is -1.51. The van der Waals surface area contributed by atoms with Crippen LogP contribution in [0.15, 0.2) is 71.8 Å². The molecule has 0 radical (unpaired) electrons. The normalized spacial score (nSPS) is 10.8. The molecule has 0 saturated heterocycles. The van der Waals surface area contributed by atoms with Crippen molar-refractivity contribution in [3.05, 3.63) is 82.9 Å². The number of para-hydroxylation sites is 2. The number of ether oxygens (including phenoxy) is 3. The second kappa shape index (κ2) is 12.4. The van der Waals surface area contributed by atoms with Crippen LogP contribution in [0.4, 0.5) is 5.69 Å². The lowest BCUT2D eigenvalue weighted by Crippen LogP contribution is -2.33. The first-order valence-electron chi connectivity index (χ1n) is 10.9. The van der Waals surface area contributed by atoms with Gasteiger partial charge in [-0.3, -0.25) is 9.59 Å². The van der Waals surface area contributed by atoms with E-state index in [0.717, 1.165) is 0 Å². The number of rotatable bonds is 8. The Hall–Kier alpha value is -4.37. The predicted octanol–water partition coefficient (Wildman–Crippen LogP) is 4.45. The zero-order valence-corrected chi connectivity index (χ0v) is 20.6. The molecular formula is C26H24ClN3O6. The lowest BCUT2D eigenvalue weighted by atomic mass is 10.1. The van der Waals surface area contributed by atoms with E-state index in [1.54, 1.807) is 73.7 Å². The van der Waals surface area contributed by atoms with Crippen LogP contribution in [0.2, 0.25) is 5.02 Å². The fraction of sp³-hybridized carbons (Fsp3) is 0.154. The van der Waals surface area contributed by atoms with E-state index in [2.05, 4.69) is 15.8 Å². The highest BCUT2D eigenvalue weighted by molar-refractivity contribution is 6.39. The van der Waals surface area contributed by atoms with Crippen LogP contribution >= 0.6 is 11.6 Å². The third kappa shape index (κ3) is 6.83. The summed E-state index contributed by atoms with van der Waals surface area (Å²) in [5, 5.41) is 6.99. The molecule has 9 nitrogen and oxygen atoms in total. The Morgan fingerprint density at radius 3 is 2.28 bits per heavy atom. The third-order valence-corrected chi connectivity index (χ3v) is 5.08. The van der Waals surface area contributed by atoms with Gasteiger partial charge < -0.3 is 19.5 Å². The Balaban J connectivity index is 1.66. The van der Waals surface area contributed by atoms with E-state index in [0.29, 0.717) is 39.9 Å². The van der Waals surface area contributed by atoms with Gasteiger partial charge in [-0.1, -0.05) is 23.7 Å². The minimum absolute atomic E-state index is 0.199. The molecule has 186 valence electrons. The van der Waals surface area contributed by atoms with E-state index in [-0.39, 0.29) is 11.5 Å². The summed E-state index contributed by atoms with van der Waals surface area (Å²) in [6.07, 6.45) is 0. The Kier molecular flexibility index (Phi) is 9.01. The SMILES string of the molecule is CCOc1ccccc1NC(=O)C(=O)NN=C(C)c1ccc(OC(=O)c2ccc(Cl)cc2)c(OC)c1. The summed E-state index contributed by atoms with van der Waals surface area (Å²) < 4.78 is 16.2. The van der Waals surface area contributed by atoms with E-state index >= 15 is 0 Å². The van der Waals surface area contributed by atoms with Crippen molar-refractivity contribution in [1.82, 2.24) is 5.43 Å². The fourth-order valence-electron chi connectivity index (χ4n) is 3.00. The second-order valence-corrected chi connectivity index (χ2v) is 7.72. The van der Waals surface area contributed by atoms with Crippen molar-refractivity contribution >= 4 is 40.8 Å². The number of anilines is 1. The molecule has 2 amide bonds. The first-order chi connectivity index (χ1) is 17.3. The Morgan fingerprint density at radius 2 is 1.58 bits per heavy atom. The molecule has 0 bridgehead atoms. The van der Waals surface area contributed by atoms with E-state index in [4.69, 9.17) is 25.8 Å². The molecule has 3 aromatic rings. The smallest absolute Gasteiger partial charge is 0.343 e. The minimum Gasteiger partial charge on any atom is -0.493 e. The Bertz CT molecular complexity index is 1290. The average molecular weight is 510 g/mol. The Morgan fingerprint density at radius 1 is 0.889 bits per heavy atom. The van der Waals surface area contributed by atoms with Crippen molar-refractivity contribution in [3.63, 3.8) is 0 Å². The van der Waals surface area contributed by atoms with Gasteiger partial charge in [0.1, 0.15) is 5.75 Å². The largest absolute Gasteiger partial charge is 0.493 e. The number of nitrogens with one attached hydrogen (secondary N) is 2. The molecule has 0 heterocycles. The van der Waals surface area contributed by atoms with Gasteiger partial charge in [-0.25, -0.2) is 10.2 Å². The first-order valence-corrected chi connectivity index (χ1v) is 11.2. The van der Waals surface area contributed by atoms with E-state index in [1.165, 1.54) is 7.11 Å². The molecule has 0 fully saturated rings. The quantitative estimate of drug-likeness (QED) is 0.152. The minimum atomic E-state index is -0.957. The van der Waals surface area contributed by atoms with Gasteiger partial charge in [0.2, 0.25) is 0 Å². The summed E-state index contributed by atoms with van der Waals surface area (Å²) in [6, 6.07) is 17.8. The van der Waals surface area contributed by atoms with Gasteiger partial charge in [0.05, 0.1) is 30.7 Å². The van der Waals surface area contributed by atoms with Crippen molar-refractivity contribution in [2.45, 2.75) is 13.8 Å². The van der Waals surface area contributed by atoms with Crippen molar-refractivity contribution in [3.8, 4) is 17.2 Å². The molecule has 0 atom stereocenters. The molecule has 0 aliphatic carbocycles. The maximum absolute atomic E-state index is 12.4. The molecule has 0 aliphatic rings. The van der Waals surface area contributed by atoms with E-state index in [1.807, 2.05) is 6.92 Å². The number of halogens is 1. The monoisotopic (exact) mass is 509 g/mol. The van der Waals surface area contributed by atoms with Gasteiger partial charge in [-0.2, -0.15) is 5.10 Å². The molecule has 0 spiro atoms. The molecule has 3 rings (SSSR count). The second-order valence-electron chi connectivity index (χ2n) is 7.28. The molecule has 0 aromatic heterocycles. The molecule has 0 saturated carbocycles. The summed E-state index contributed by atoms with van der Waals surface area (Å²) in [6.45, 7) is 3.86. The van der Waals surface area contributed by atoms with Gasteiger partial charge in [-0.15, -0.1) is 0 Å². The van der Waals surface area contributed by atoms with E-state index in [9.17, 15) is 14.4 Å². The molecule has 3 aromatic carbocycles. The number of hydrazone groups is 1.